The molecule has 0 heterocycles. The molecule has 124 valence electrons. The summed E-state index contributed by atoms with van der Waals surface area (Å²) in [6.45, 7) is 13.3. The molecule has 0 aliphatic heterocycles. The van der Waals surface area contributed by atoms with Gasteiger partial charge in [-0.15, -0.1) is 0 Å². The van der Waals surface area contributed by atoms with Crippen molar-refractivity contribution in [2.75, 3.05) is 5.32 Å². The van der Waals surface area contributed by atoms with E-state index in [-0.39, 0.29) is 5.04 Å². The summed E-state index contributed by atoms with van der Waals surface area (Å²) in [5.74, 6) is 0.934. The van der Waals surface area contributed by atoms with Crippen molar-refractivity contribution in [2.45, 2.75) is 45.8 Å². The van der Waals surface area contributed by atoms with E-state index in [0.717, 1.165) is 27.7 Å². The zero-order chi connectivity index (χ0) is 17.3. The number of benzene rings is 2. The number of hydrogen-bond donors (Lipinski definition) is 1. The van der Waals surface area contributed by atoms with Gasteiger partial charge in [0.1, 0.15) is 5.75 Å². The van der Waals surface area contributed by atoms with Crippen LogP contribution in [0.5, 0.6) is 5.75 Å². The van der Waals surface area contributed by atoms with Crippen LogP contribution < -0.4 is 9.74 Å². The summed E-state index contributed by atoms with van der Waals surface area (Å²) in [6.07, 6.45) is 0. The molecule has 0 unspecified atom stereocenters. The molecule has 0 spiro atoms. The van der Waals surface area contributed by atoms with Crippen molar-refractivity contribution < 1.29 is 4.43 Å². The molecule has 0 saturated heterocycles. The van der Waals surface area contributed by atoms with Crippen molar-refractivity contribution in [3.8, 4) is 5.75 Å². The van der Waals surface area contributed by atoms with E-state index in [1.807, 2.05) is 49.4 Å². The molecule has 0 saturated carbocycles. The van der Waals surface area contributed by atoms with Gasteiger partial charge in [0.25, 0.3) is 0 Å². The Morgan fingerprint density at radius 1 is 0.957 bits per heavy atom. The summed E-state index contributed by atoms with van der Waals surface area (Å²) in [5, 5.41) is 4.33. The van der Waals surface area contributed by atoms with Crippen molar-refractivity contribution in [1.29, 1.82) is 0 Å². The maximum atomic E-state index is 6.30. The van der Waals surface area contributed by atoms with Gasteiger partial charge in [-0.2, -0.15) is 0 Å². The fourth-order valence-electron chi connectivity index (χ4n) is 1.89. The fourth-order valence-corrected chi connectivity index (χ4v) is 3.10. The Kier molecular flexibility index (Phi) is 5.12. The van der Waals surface area contributed by atoms with Crippen molar-refractivity contribution in [1.82, 2.24) is 0 Å². The van der Waals surface area contributed by atoms with Gasteiger partial charge in [0.05, 0.1) is 0 Å². The summed E-state index contributed by atoms with van der Waals surface area (Å²) >= 11 is 6.17. The number of nitrogens with one attached hydrogen (secondary N) is 1. The smallest absolute Gasteiger partial charge is 0.250 e. The second kappa shape index (κ2) is 6.58. The number of hydrogen-bond acceptors (Lipinski definition) is 2. The number of halogens is 1. The Morgan fingerprint density at radius 2 is 1.52 bits per heavy atom. The van der Waals surface area contributed by atoms with Crippen LogP contribution in [0.15, 0.2) is 42.5 Å². The standard InChI is InChI=1S/C19H26ClNOSi/c1-14-7-8-16(13-18(14)20)21-15-9-11-17(12-10-15)22-23(5,6)19(2,3)4/h7-13,21H,1-6H3. The molecule has 2 aromatic rings. The van der Waals surface area contributed by atoms with Crippen LogP contribution in [0.1, 0.15) is 26.3 Å². The molecule has 0 aliphatic carbocycles. The SMILES string of the molecule is Cc1ccc(Nc2ccc(O[Si](C)(C)C(C)(C)C)cc2)cc1Cl. The number of anilines is 2. The fraction of sp³-hybridized carbons (Fsp3) is 0.368. The van der Waals surface area contributed by atoms with Gasteiger partial charge in [-0.05, 0) is 67.0 Å². The van der Waals surface area contributed by atoms with Gasteiger partial charge < -0.3 is 9.74 Å². The lowest BCUT2D eigenvalue weighted by atomic mass is 10.2. The van der Waals surface area contributed by atoms with Gasteiger partial charge in [0.15, 0.2) is 0 Å². The number of aryl methyl sites for hydroxylation is 1. The topological polar surface area (TPSA) is 21.3 Å². The first-order valence-corrected chi connectivity index (χ1v) is 11.2. The lowest BCUT2D eigenvalue weighted by Crippen LogP contribution is -2.43. The van der Waals surface area contributed by atoms with E-state index in [4.69, 9.17) is 16.0 Å². The molecule has 23 heavy (non-hydrogen) atoms. The Morgan fingerprint density at radius 3 is 2.04 bits per heavy atom. The van der Waals surface area contributed by atoms with E-state index in [1.165, 1.54) is 0 Å². The molecule has 2 rings (SSSR count). The van der Waals surface area contributed by atoms with Crippen LogP contribution in [0.4, 0.5) is 11.4 Å². The van der Waals surface area contributed by atoms with E-state index in [1.54, 1.807) is 0 Å². The average molecular weight is 348 g/mol. The molecule has 0 atom stereocenters. The molecule has 0 aromatic heterocycles. The Labute approximate surface area is 146 Å². The van der Waals surface area contributed by atoms with Gasteiger partial charge in [-0.1, -0.05) is 38.4 Å². The van der Waals surface area contributed by atoms with Crippen molar-refractivity contribution in [3.05, 3.63) is 53.1 Å². The van der Waals surface area contributed by atoms with Gasteiger partial charge in [-0.3, -0.25) is 0 Å². The van der Waals surface area contributed by atoms with Crippen molar-refractivity contribution in [2.24, 2.45) is 0 Å². The van der Waals surface area contributed by atoms with Gasteiger partial charge in [0, 0.05) is 16.4 Å². The summed E-state index contributed by atoms with van der Waals surface area (Å²) in [6, 6.07) is 14.1. The van der Waals surface area contributed by atoms with Crippen LogP contribution in [0.2, 0.25) is 23.2 Å². The summed E-state index contributed by atoms with van der Waals surface area (Å²) in [4.78, 5) is 0. The Bertz CT molecular complexity index is 675. The third kappa shape index (κ3) is 4.52. The van der Waals surface area contributed by atoms with Crippen LogP contribution in [-0.2, 0) is 0 Å². The predicted octanol–water partition coefficient (Wildman–Crippen LogP) is 6.78. The minimum atomic E-state index is -1.79. The molecule has 0 radical (unpaired) electrons. The first-order valence-electron chi connectivity index (χ1n) is 7.91. The molecular formula is C19H26ClNOSi. The highest BCUT2D eigenvalue weighted by Crippen LogP contribution is 2.37. The van der Waals surface area contributed by atoms with E-state index in [9.17, 15) is 0 Å². The normalized spacial score (nSPS) is 12.1. The molecule has 0 aliphatic rings. The monoisotopic (exact) mass is 347 g/mol. The highest BCUT2D eigenvalue weighted by atomic mass is 35.5. The molecule has 0 bridgehead atoms. The third-order valence-electron chi connectivity index (χ3n) is 4.49. The van der Waals surface area contributed by atoms with E-state index < -0.39 is 8.32 Å². The van der Waals surface area contributed by atoms with E-state index in [0.29, 0.717) is 0 Å². The minimum absolute atomic E-state index is 0.197. The summed E-state index contributed by atoms with van der Waals surface area (Å²) < 4.78 is 6.30. The molecular weight excluding hydrogens is 322 g/mol. The van der Waals surface area contributed by atoms with Crippen LogP contribution in [0, 0.1) is 6.92 Å². The average Bonchev–Trinajstić information content (AvgIpc) is 2.43. The van der Waals surface area contributed by atoms with Crippen LogP contribution >= 0.6 is 11.6 Å². The Balaban J connectivity index is 2.09. The maximum Gasteiger partial charge on any atom is 0.250 e. The predicted molar refractivity (Wildman–Crippen MR) is 104 cm³/mol. The summed E-state index contributed by atoms with van der Waals surface area (Å²) in [5.41, 5.74) is 3.08. The molecule has 2 nitrogen and oxygen atoms in total. The first-order chi connectivity index (χ1) is 10.6. The van der Waals surface area contributed by atoms with Gasteiger partial charge in [-0.25, -0.2) is 0 Å². The van der Waals surface area contributed by atoms with Crippen LogP contribution in [-0.4, -0.2) is 8.32 Å². The molecule has 4 heteroatoms. The minimum Gasteiger partial charge on any atom is -0.544 e. The maximum absolute atomic E-state index is 6.30. The zero-order valence-corrected chi connectivity index (χ0v) is 16.6. The molecule has 0 fully saturated rings. The largest absolute Gasteiger partial charge is 0.544 e. The highest BCUT2D eigenvalue weighted by Gasteiger charge is 2.38. The second-order valence-corrected chi connectivity index (χ2v) is 12.6. The van der Waals surface area contributed by atoms with Gasteiger partial charge >= 0.3 is 0 Å². The second-order valence-electron chi connectivity index (χ2n) is 7.48. The van der Waals surface area contributed by atoms with Gasteiger partial charge in [0.2, 0.25) is 8.32 Å². The molecule has 1 N–H and O–H groups in total. The molecule has 2 aromatic carbocycles. The van der Waals surface area contributed by atoms with Crippen LogP contribution in [0.3, 0.4) is 0 Å². The summed E-state index contributed by atoms with van der Waals surface area (Å²) in [7, 11) is -1.79. The third-order valence-corrected chi connectivity index (χ3v) is 9.26. The first kappa shape index (κ1) is 17.9. The lowest BCUT2D eigenvalue weighted by molar-refractivity contribution is 0.492. The number of rotatable bonds is 4. The lowest BCUT2D eigenvalue weighted by Gasteiger charge is -2.36. The zero-order valence-electron chi connectivity index (χ0n) is 14.8. The van der Waals surface area contributed by atoms with Crippen molar-refractivity contribution >= 4 is 31.3 Å². The molecule has 0 amide bonds. The highest BCUT2D eigenvalue weighted by molar-refractivity contribution is 6.74. The van der Waals surface area contributed by atoms with E-state index >= 15 is 0 Å². The van der Waals surface area contributed by atoms with E-state index in [2.05, 4.69) is 39.2 Å². The Hall–Kier alpha value is -1.45. The van der Waals surface area contributed by atoms with Crippen LogP contribution in [0.25, 0.3) is 0 Å². The van der Waals surface area contributed by atoms with Crippen molar-refractivity contribution in [3.63, 3.8) is 0 Å². The quantitative estimate of drug-likeness (QED) is 0.615.